The summed E-state index contributed by atoms with van der Waals surface area (Å²) in [6.45, 7) is 4.57. The summed E-state index contributed by atoms with van der Waals surface area (Å²) in [7, 11) is 0. The molecule has 0 rings (SSSR count). The summed E-state index contributed by atoms with van der Waals surface area (Å²) in [5.74, 6) is -0.643. The van der Waals surface area contributed by atoms with Gasteiger partial charge in [-0.05, 0) is 12.8 Å². The van der Waals surface area contributed by atoms with Crippen molar-refractivity contribution in [3.63, 3.8) is 0 Å². The summed E-state index contributed by atoms with van der Waals surface area (Å²) < 4.78 is 5.03. The van der Waals surface area contributed by atoms with Crippen LogP contribution in [0, 0.1) is 0 Å². The SMILES string of the molecule is CCCCCCCCCCCCCCCCCCCCCC(=O)OC(=O)CCCCCCCCCCCCCCCCC.[Ca+2].[H-].[H-].[Zn]. The van der Waals surface area contributed by atoms with Crippen LogP contribution >= 0.6 is 0 Å². The Labute approximate surface area is 328 Å². The van der Waals surface area contributed by atoms with Gasteiger partial charge in [-0.3, -0.25) is 9.59 Å². The maximum atomic E-state index is 12.0. The molecule has 0 bridgehead atoms. The second-order valence-corrected chi connectivity index (χ2v) is 13.7. The fourth-order valence-corrected chi connectivity index (χ4v) is 6.22. The zero-order valence-electron chi connectivity index (χ0n) is 33.1. The van der Waals surface area contributed by atoms with Gasteiger partial charge in [0.25, 0.3) is 0 Å². The normalized spacial score (nSPS) is 10.8. The number of carbonyl (C=O) groups is 2. The Hall–Kier alpha value is 1.02. The summed E-state index contributed by atoms with van der Waals surface area (Å²) in [5.41, 5.74) is 0. The minimum Gasteiger partial charge on any atom is -1.00 e. The van der Waals surface area contributed by atoms with Crippen molar-refractivity contribution >= 4 is 49.7 Å². The Bertz CT molecular complexity index is 584. The molecule has 0 spiro atoms. The Morgan fingerprint density at radius 1 is 0.333 bits per heavy atom. The van der Waals surface area contributed by atoms with Crippen molar-refractivity contribution < 1.29 is 36.7 Å². The number of hydrogen-bond acceptors (Lipinski definition) is 3. The Balaban J connectivity index is -0.00000147. The number of unbranched alkanes of at least 4 members (excludes halogenated alkanes) is 32. The third-order valence-electron chi connectivity index (χ3n) is 9.20. The molecule has 0 radical (unpaired) electrons. The molecule has 0 aliphatic heterocycles. The fourth-order valence-electron chi connectivity index (χ4n) is 6.22. The van der Waals surface area contributed by atoms with Crippen LogP contribution in [0.1, 0.15) is 248 Å². The predicted octanol–water partition coefficient (Wildman–Crippen LogP) is 14.0. The molecule has 0 aromatic carbocycles. The van der Waals surface area contributed by atoms with Crippen molar-refractivity contribution in [1.82, 2.24) is 0 Å². The smallest absolute Gasteiger partial charge is 1.00 e. The van der Waals surface area contributed by atoms with E-state index in [4.69, 9.17) is 4.74 Å². The van der Waals surface area contributed by atoms with E-state index in [9.17, 15) is 9.59 Å². The van der Waals surface area contributed by atoms with Gasteiger partial charge in [0.2, 0.25) is 0 Å². The Morgan fingerprint density at radius 2 is 0.489 bits per heavy atom. The van der Waals surface area contributed by atoms with Gasteiger partial charge in [0, 0.05) is 32.3 Å². The Morgan fingerprint density at radius 3 is 0.667 bits per heavy atom. The van der Waals surface area contributed by atoms with E-state index in [1.54, 1.807) is 0 Å². The summed E-state index contributed by atoms with van der Waals surface area (Å²) in [6.07, 6.45) is 46.0. The molecular weight excluding hydrogens is 634 g/mol. The van der Waals surface area contributed by atoms with Gasteiger partial charge in [0.15, 0.2) is 0 Å². The van der Waals surface area contributed by atoms with E-state index in [1.165, 1.54) is 193 Å². The van der Waals surface area contributed by atoms with E-state index in [-0.39, 0.29) is 72.0 Å². The molecule has 5 heteroatoms. The van der Waals surface area contributed by atoms with Crippen molar-refractivity contribution in [3.05, 3.63) is 0 Å². The number of esters is 2. The molecule has 0 unspecified atom stereocenters. The quantitative estimate of drug-likeness (QED) is 0.0281. The van der Waals surface area contributed by atoms with E-state index in [2.05, 4.69) is 13.8 Å². The molecule has 262 valence electrons. The average molecular weight is 715 g/mol. The average Bonchev–Trinajstić information content (AvgIpc) is 3.00. The maximum absolute atomic E-state index is 12.0. The van der Waals surface area contributed by atoms with Crippen LogP contribution in [0.25, 0.3) is 0 Å². The molecule has 0 aromatic heterocycles. The largest absolute Gasteiger partial charge is 2.00 e. The summed E-state index contributed by atoms with van der Waals surface area (Å²) >= 11 is 0. The molecule has 0 aliphatic rings. The number of rotatable bonds is 36. The van der Waals surface area contributed by atoms with Crippen LogP contribution in [-0.2, 0) is 33.8 Å². The van der Waals surface area contributed by atoms with Gasteiger partial charge in [-0.2, -0.15) is 0 Å². The van der Waals surface area contributed by atoms with Crippen LogP contribution in [0.4, 0.5) is 0 Å². The second kappa shape index (κ2) is 45.0. The first kappa shape index (κ1) is 50.4. The van der Waals surface area contributed by atoms with E-state index in [0.29, 0.717) is 12.8 Å². The first-order valence-electron chi connectivity index (χ1n) is 19.9. The third-order valence-corrected chi connectivity index (χ3v) is 9.20. The molecule has 3 nitrogen and oxygen atoms in total. The zero-order chi connectivity index (χ0) is 31.3. The van der Waals surface area contributed by atoms with E-state index < -0.39 is 0 Å². The maximum Gasteiger partial charge on any atom is 2.00 e. The van der Waals surface area contributed by atoms with Gasteiger partial charge < -0.3 is 7.59 Å². The molecule has 0 fully saturated rings. The minimum atomic E-state index is -0.322. The van der Waals surface area contributed by atoms with Crippen LogP contribution in [0.3, 0.4) is 0 Å². The van der Waals surface area contributed by atoms with Crippen molar-refractivity contribution in [2.45, 2.75) is 245 Å². The summed E-state index contributed by atoms with van der Waals surface area (Å²) in [4.78, 5) is 23.9. The Kier molecular flexibility index (Phi) is 50.4. The third kappa shape index (κ3) is 45.0. The van der Waals surface area contributed by atoms with E-state index in [1.807, 2.05) is 0 Å². The van der Waals surface area contributed by atoms with E-state index >= 15 is 0 Å². The standard InChI is InChI=1S/C40H78O3.Ca.Zn.2H/c1-3-5-7-9-11-13-15-17-19-20-21-22-24-26-28-30-32-34-36-38-40(42)43-39(41)37-35-33-31-29-27-25-23-18-16-14-12-10-8-6-4-2;;;;/h3-38H2,1-2H3;;;;/q;+2;;2*-1. The molecule has 0 saturated heterocycles. The molecule has 0 aromatic rings. The molecule has 0 aliphatic carbocycles. The number of ether oxygens (including phenoxy) is 1. The molecule has 45 heavy (non-hydrogen) atoms. The first-order valence-corrected chi connectivity index (χ1v) is 19.9. The van der Waals surface area contributed by atoms with Crippen molar-refractivity contribution in [2.75, 3.05) is 0 Å². The summed E-state index contributed by atoms with van der Waals surface area (Å²) in [6, 6.07) is 0. The minimum absolute atomic E-state index is 0. The predicted molar refractivity (Wildman–Crippen MR) is 197 cm³/mol. The van der Waals surface area contributed by atoms with Crippen molar-refractivity contribution in [1.29, 1.82) is 0 Å². The van der Waals surface area contributed by atoms with E-state index in [0.717, 1.165) is 25.7 Å². The summed E-state index contributed by atoms with van der Waals surface area (Å²) in [5, 5.41) is 0. The van der Waals surface area contributed by atoms with Crippen molar-refractivity contribution in [2.24, 2.45) is 0 Å². The molecule has 0 N–H and O–H groups in total. The van der Waals surface area contributed by atoms with Gasteiger partial charge in [0.1, 0.15) is 0 Å². The number of carbonyl (C=O) groups excluding carboxylic acids is 2. The van der Waals surface area contributed by atoms with Gasteiger partial charge in [-0.25, -0.2) is 0 Å². The molecule has 0 saturated carbocycles. The van der Waals surface area contributed by atoms with Crippen LogP contribution in [0.5, 0.6) is 0 Å². The van der Waals surface area contributed by atoms with Crippen LogP contribution < -0.4 is 0 Å². The molecule has 0 atom stereocenters. The van der Waals surface area contributed by atoms with Gasteiger partial charge in [-0.1, -0.05) is 219 Å². The zero-order valence-corrected chi connectivity index (χ0v) is 36.3. The monoisotopic (exact) mass is 713 g/mol. The molecule has 0 heterocycles. The van der Waals surface area contributed by atoms with Gasteiger partial charge in [-0.15, -0.1) is 0 Å². The fraction of sp³-hybridized carbons (Fsp3) is 0.950. The van der Waals surface area contributed by atoms with Gasteiger partial charge in [0.05, 0.1) is 0 Å². The van der Waals surface area contributed by atoms with Crippen LogP contribution in [-0.4, -0.2) is 49.7 Å². The number of hydrogen-bond donors (Lipinski definition) is 0. The van der Waals surface area contributed by atoms with Gasteiger partial charge >= 0.3 is 49.7 Å². The van der Waals surface area contributed by atoms with Crippen molar-refractivity contribution in [3.8, 4) is 0 Å². The topological polar surface area (TPSA) is 43.4 Å². The first-order chi connectivity index (χ1) is 21.2. The van der Waals surface area contributed by atoms with Crippen LogP contribution in [0.15, 0.2) is 0 Å². The molecule has 0 amide bonds. The van der Waals surface area contributed by atoms with Crippen LogP contribution in [0.2, 0.25) is 0 Å². The molecular formula is C40H80CaO3Zn. The second-order valence-electron chi connectivity index (χ2n) is 13.7.